The van der Waals surface area contributed by atoms with Crippen molar-refractivity contribution in [1.82, 2.24) is 9.55 Å². The molecule has 0 aliphatic rings. The molecule has 0 spiro atoms. The molecule has 1 aromatic carbocycles. The number of aryl methyl sites for hydroxylation is 2. The quantitative estimate of drug-likeness (QED) is 0.400. The fraction of sp³-hybridized carbons (Fsp3) is 0.316. The summed E-state index contributed by atoms with van der Waals surface area (Å²) in [4.78, 5) is 31.9. The molecule has 0 bridgehead atoms. The van der Waals surface area contributed by atoms with Crippen LogP contribution in [0.15, 0.2) is 34.2 Å². The second-order valence-electron chi connectivity index (χ2n) is 6.39. The molecule has 0 amide bonds. The minimum absolute atomic E-state index is 0.0496. The predicted octanol–water partition coefficient (Wildman–Crippen LogP) is 4.34. The van der Waals surface area contributed by atoms with Gasteiger partial charge in [-0.1, -0.05) is 11.8 Å². The van der Waals surface area contributed by atoms with Crippen molar-refractivity contribution in [3.05, 3.63) is 50.6 Å². The molecule has 0 unspecified atom stereocenters. The highest BCUT2D eigenvalue weighted by molar-refractivity contribution is 7.99. The van der Waals surface area contributed by atoms with E-state index < -0.39 is 0 Å². The number of fused-ring (bicyclic) bond motifs is 1. The van der Waals surface area contributed by atoms with Crippen LogP contribution in [0.4, 0.5) is 0 Å². The number of hydrogen-bond donors (Lipinski definition) is 1. The van der Waals surface area contributed by atoms with Crippen LogP contribution in [0.2, 0.25) is 0 Å². The minimum atomic E-state index is -0.0711. The average molecular weight is 389 g/mol. The number of carbonyl (C=O) groups is 1. The zero-order chi connectivity index (χ0) is 19.0. The molecule has 2 heterocycles. The van der Waals surface area contributed by atoms with Crippen molar-refractivity contribution in [3.8, 4) is 5.75 Å². The topological polar surface area (TPSA) is 72.2 Å². The van der Waals surface area contributed by atoms with Crippen LogP contribution in [0.5, 0.6) is 5.75 Å². The fourth-order valence-electron chi connectivity index (χ4n) is 2.71. The SMILES string of the molecule is Cc1sc2nc(SCC(=O)c3ccc(O)cc3)n(C(C)C)c(=O)c2c1C. The third-order valence-electron chi connectivity index (χ3n) is 4.24. The highest BCUT2D eigenvalue weighted by atomic mass is 32.2. The molecule has 0 radical (unpaired) electrons. The van der Waals surface area contributed by atoms with E-state index in [1.165, 1.54) is 35.2 Å². The van der Waals surface area contributed by atoms with Gasteiger partial charge in [-0.05, 0) is 57.5 Å². The van der Waals surface area contributed by atoms with Crippen LogP contribution in [-0.2, 0) is 0 Å². The molecule has 1 N–H and O–H groups in total. The summed E-state index contributed by atoms with van der Waals surface area (Å²) >= 11 is 2.78. The van der Waals surface area contributed by atoms with Gasteiger partial charge in [0.1, 0.15) is 10.6 Å². The number of phenolic OH excluding ortho intramolecular Hbond substituents is 1. The Hall–Kier alpha value is -2.12. The molecular weight excluding hydrogens is 368 g/mol. The van der Waals surface area contributed by atoms with Crippen molar-refractivity contribution in [2.24, 2.45) is 0 Å². The lowest BCUT2D eigenvalue weighted by Crippen LogP contribution is -2.25. The Balaban J connectivity index is 1.96. The summed E-state index contributed by atoms with van der Waals surface area (Å²) in [6.45, 7) is 7.82. The summed E-state index contributed by atoms with van der Waals surface area (Å²) in [7, 11) is 0. The Morgan fingerprint density at radius 3 is 2.54 bits per heavy atom. The van der Waals surface area contributed by atoms with Crippen molar-refractivity contribution in [2.75, 3.05) is 5.75 Å². The van der Waals surface area contributed by atoms with Gasteiger partial charge in [0.25, 0.3) is 5.56 Å². The normalized spacial score (nSPS) is 11.4. The Morgan fingerprint density at radius 1 is 1.27 bits per heavy atom. The number of aromatic hydroxyl groups is 1. The summed E-state index contributed by atoms with van der Waals surface area (Å²) in [5.41, 5.74) is 1.46. The van der Waals surface area contributed by atoms with Crippen LogP contribution in [0, 0.1) is 13.8 Å². The molecule has 5 nitrogen and oxygen atoms in total. The first-order valence-corrected chi connectivity index (χ1v) is 10.1. The number of aromatic nitrogens is 2. The fourth-order valence-corrected chi connectivity index (χ4v) is 4.80. The van der Waals surface area contributed by atoms with Gasteiger partial charge in [-0.15, -0.1) is 11.3 Å². The summed E-state index contributed by atoms with van der Waals surface area (Å²) < 4.78 is 1.66. The monoisotopic (exact) mass is 388 g/mol. The first-order chi connectivity index (χ1) is 12.3. The van der Waals surface area contributed by atoms with Crippen LogP contribution in [0.25, 0.3) is 10.2 Å². The number of phenols is 1. The molecule has 0 aliphatic carbocycles. The van der Waals surface area contributed by atoms with Gasteiger partial charge < -0.3 is 5.11 Å². The smallest absolute Gasteiger partial charge is 0.263 e. The molecular formula is C19H20N2O3S2. The summed E-state index contributed by atoms with van der Waals surface area (Å²) in [5, 5.41) is 10.6. The molecule has 0 aliphatic heterocycles. The number of benzene rings is 1. The number of Topliss-reactive ketones (excluding diaryl/α,β-unsaturated/α-hetero) is 1. The minimum Gasteiger partial charge on any atom is -0.508 e. The molecule has 3 aromatic rings. The molecule has 136 valence electrons. The van der Waals surface area contributed by atoms with Gasteiger partial charge in [0.05, 0.1) is 11.1 Å². The van der Waals surface area contributed by atoms with Crippen LogP contribution < -0.4 is 5.56 Å². The molecule has 0 saturated carbocycles. The van der Waals surface area contributed by atoms with Crippen molar-refractivity contribution in [3.63, 3.8) is 0 Å². The van der Waals surface area contributed by atoms with E-state index >= 15 is 0 Å². The number of carbonyl (C=O) groups excluding carboxylic acids is 1. The molecule has 2 aromatic heterocycles. The van der Waals surface area contributed by atoms with Crippen LogP contribution in [0.1, 0.15) is 40.7 Å². The zero-order valence-corrected chi connectivity index (χ0v) is 16.7. The van der Waals surface area contributed by atoms with Gasteiger partial charge in [-0.3, -0.25) is 14.2 Å². The van der Waals surface area contributed by atoms with Crippen LogP contribution in [-0.4, -0.2) is 26.2 Å². The lowest BCUT2D eigenvalue weighted by Gasteiger charge is -2.15. The second kappa shape index (κ2) is 7.25. The largest absolute Gasteiger partial charge is 0.508 e. The van der Waals surface area contributed by atoms with E-state index in [1.54, 1.807) is 16.7 Å². The molecule has 26 heavy (non-hydrogen) atoms. The van der Waals surface area contributed by atoms with Crippen molar-refractivity contribution in [1.29, 1.82) is 0 Å². The summed E-state index contributed by atoms with van der Waals surface area (Å²) in [5.74, 6) is 0.232. The van der Waals surface area contributed by atoms with Gasteiger partial charge in [0.2, 0.25) is 0 Å². The Morgan fingerprint density at radius 2 is 1.92 bits per heavy atom. The van der Waals surface area contributed by atoms with Gasteiger partial charge in [0.15, 0.2) is 10.9 Å². The van der Waals surface area contributed by atoms with Gasteiger partial charge in [0, 0.05) is 16.5 Å². The summed E-state index contributed by atoms with van der Waals surface area (Å²) in [6, 6.07) is 6.12. The lowest BCUT2D eigenvalue weighted by molar-refractivity contribution is 0.102. The first-order valence-electron chi connectivity index (χ1n) is 8.27. The van der Waals surface area contributed by atoms with E-state index in [4.69, 9.17) is 0 Å². The Labute approximate surface area is 159 Å². The van der Waals surface area contributed by atoms with E-state index in [0.29, 0.717) is 16.1 Å². The van der Waals surface area contributed by atoms with Crippen LogP contribution >= 0.6 is 23.1 Å². The maximum absolute atomic E-state index is 13.0. The Bertz CT molecular complexity index is 1030. The number of thiophene rings is 1. The third-order valence-corrected chi connectivity index (χ3v) is 6.29. The molecule has 3 rings (SSSR count). The highest BCUT2D eigenvalue weighted by Gasteiger charge is 2.19. The Kier molecular flexibility index (Phi) is 5.20. The maximum atomic E-state index is 13.0. The number of thioether (sulfide) groups is 1. The third kappa shape index (κ3) is 3.41. The average Bonchev–Trinajstić information content (AvgIpc) is 2.87. The van der Waals surface area contributed by atoms with Gasteiger partial charge in [-0.2, -0.15) is 0 Å². The standard InChI is InChI=1S/C19H20N2O3S2/c1-10(2)21-18(24)16-11(3)12(4)26-17(16)20-19(21)25-9-15(23)13-5-7-14(22)8-6-13/h5-8,10,22H,9H2,1-4H3. The number of rotatable bonds is 5. The van der Waals surface area contributed by atoms with E-state index in [0.717, 1.165) is 15.3 Å². The number of ketones is 1. The molecule has 0 fully saturated rings. The van der Waals surface area contributed by atoms with E-state index in [1.807, 2.05) is 27.7 Å². The van der Waals surface area contributed by atoms with Crippen molar-refractivity contribution >= 4 is 39.1 Å². The van der Waals surface area contributed by atoms with Crippen LogP contribution in [0.3, 0.4) is 0 Å². The van der Waals surface area contributed by atoms with Gasteiger partial charge >= 0.3 is 0 Å². The maximum Gasteiger partial charge on any atom is 0.263 e. The van der Waals surface area contributed by atoms with E-state index in [9.17, 15) is 14.7 Å². The highest BCUT2D eigenvalue weighted by Crippen LogP contribution is 2.29. The van der Waals surface area contributed by atoms with E-state index in [2.05, 4.69) is 4.98 Å². The number of hydrogen-bond acceptors (Lipinski definition) is 6. The zero-order valence-electron chi connectivity index (χ0n) is 15.1. The second-order valence-corrected chi connectivity index (χ2v) is 8.53. The van der Waals surface area contributed by atoms with Gasteiger partial charge in [-0.25, -0.2) is 4.98 Å². The lowest BCUT2D eigenvalue weighted by atomic mass is 10.1. The number of nitrogens with zero attached hydrogens (tertiary/aromatic N) is 2. The molecule has 0 atom stereocenters. The molecule has 7 heteroatoms. The van der Waals surface area contributed by atoms with Crippen molar-refractivity contribution < 1.29 is 9.90 Å². The van der Waals surface area contributed by atoms with E-state index in [-0.39, 0.29) is 28.9 Å². The predicted molar refractivity (Wildman–Crippen MR) is 107 cm³/mol. The summed E-state index contributed by atoms with van der Waals surface area (Å²) in [6.07, 6.45) is 0. The first kappa shape index (κ1) is 18.7. The van der Waals surface area contributed by atoms with Crippen molar-refractivity contribution in [2.45, 2.75) is 38.9 Å². The molecule has 0 saturated heterocycles.